The molecule has 1 aromatic heterocycles. The van der Waals surface area contributed by atoms with E-state index in [-0.39, 0.29) is 6.61 Å². The molecule has 0 saturated carbocycles. The fourth-order valence-electron chi connectivity index (χ4n) is 2.87. The Bertz CT molecular complexity index is 1120. The fraction of sp³-hybridized carbons (Fsp3) is 0.0435. The van der Waals surface area contributed by atoms with Crippen molar-refractivity contribution < 1.29 is 19.1 Å². The van der Waals surface area contributed by atoms with Gasteiger partial charge in [-0.2, -0.15) is 0 Å². The first kappa shape index (κ1) is 17.5. The van der Waals surface area contributed by atoms with E-state index in [4.69, 9.17) is 9.47 Å². The molecule has 138 valence electrons. The van der Waals surface area contributed by atoms with Gasteiger partial charge in [-0.1, -0.05) is 48.5 Å². The summed E-state index contributed by atoms with van der Waals surface area (Å²) in [4.78, 5) is 24.6. The SMILES string of the molecule is O=C(Oc1ccc2c(ccn2C(=O)OCc2ccccc2)c1)c1ccccc1. The molecule has 0 spiro atoms. The Hall–Kier alpha value is -3.86. The lowest BCUT2D eigenvalue weighted by atomic mass is 10.2. The summed E-state index contributed by atoms with van der Waals surface area (Å²) in [5.74, 6) is -0.0154. The van der Waals surface area contributed by atoms with Gasteiger partial charge in [0.25, 0.3) is 0 Å². The van der Waals surface area contributed by atoms with Gasteiger partial charge in [-0.3, -0.25) is 4.57 Å². The van der Waals surface area contributed by atoms with Gasteiger partial charge in [0.2, 0.25) is 0 Å². The predicted octanol–water partition coefficient (Wildman–Crippen LogP) is 5.05. The summed E-state index contributed by atoms with van der Waals surface area (Å²) in [5, 5.41) is 0.773. The molecule has 0 fully saturated rings. The first-order chi connectivity index (χ1) is 13.7. The molecule has 0 N–H and O–H groups in total. The van der Waals surface area contributed by atoms with Crippen molar-refractivity contribution >= 4 is 23.0 Å². The number of hydrogen-bond acceptors (Lipinski definition) is 4. The second-order valence-electron chi connectivity index (χ2n) is 6.20. The maximum absolute atomic E-state index is 12.4. The largest absolute Gasteiger partial charge is 0.444 e. The van der Waals surface area contributed by atoms with Gasteiger partial charge < -0.3 is 9.47 Å². The van der Waals surface area contributed by atoms with E-state index < -0.39 is 12.1 Å². The zero-order valence-electron chi connectivity index (χ0n) is 14.9. The van der Waals surface area contributed by atoms with Crippen LogP contribution in [0.1, 0.15) is 15.9 Å². The summed E-state index contributed by atoms with van der Waals surface area (Å²) in [5.41, 5.74) is 2.07. The average molecular weight is 371 g/mol. The van der Waals surface area contributed by atoms with Crippen molar-refractivity contribution in [1.29, 1.82) is 0 Å². The summed E-state index contributed by atoms with van der Waals surface area (Å²) in [6.45, 7) is 0.201. The maximum Gasteiger partial charge on any atom is 0.418 e. The highest BCUT2D eigenvalue weighted by molar-refractivity contribution is 5.93. The van der Waals surface area contributed by atoms with Crippen LogP contribution in [0.3, 0.4) is 0 Å². The van der Waals surface area contributed by atoms with Gasteiger partial charge in [-0.25, -0.2) is 9.59 Å². The van der Waals surface area contributed by atoms with Crippen LogP contribution in [0, 0.1) is 0 Å². The van der Waals surface area contributed by atoms with Gasteiger partial charge in [0.15, 0.2) is 0 Å². The predicted molar refractivity (Wildman–Crippen MR) is 105 cm³/mol. The third-order valence-corrected chi connectivity index (χ3v) is 4.28. The lowest BCUT2D eigenvalue weighted by molar-refractivity contribution is 0.0735. The molecular formula is C23H17NO4. The number of ether oxygens (including phenoxy) is 2. The van der Waals surface area contributed by atoms with E-state index in [1.54, 1.807) is 54.7 Å². The highest BCUT2D eigenvalue weighted by atomic mass is 16.5. The lowest BCUT2D eigenvalue weighted by Crippen LogP contribution is -2.12. The van der Waals surface area contributed by atoms with E-state index >= 15 is 0 Å². The quantitative estimate of drug-likeness (QED) is 0.372. The minimum absolute atomic E-state index is 0.201. The monoisotopic (exact) mass is 371 g/mol. The normalized spacial score (nSPS) is 10.6. The van der Waals surface area contributed by atoms with Crippen molar-refractivity contribution in [3.8, 4) is 5.75 Å². The number of fused-ring (bicyclic) bond motifs is 1. The van der Waals surface area contributed by atoms with Gasteiger partial charge in [0.1, 0.15) is 12.4 Å². The van der Waals surface area contributed by atoms with Gasteiger partial charge in [-0.15, -0.1) is 0 Å². The summed E-state index contributed by atoms with van der Waals surface area (Å²) < 4.78 is 12.2. The number of nitrogens with zero attached hydrogens (tertiary/aromatic N) is 1. The van der Waals surface area contributed by atoms with Crippen LogP contribution < -0.4 is 4.74 Å². The van der Waals surface area contributed by atoms with Crippen molar-refractivity contribution in [2.24, 2.45) is 0 Å². The first-order valence-electron chi connectivity index (χ1n) is 8.80. The second kappa shape index (κ2) is 7.80. The Balaban J connectivity index is 1.48. The van der Waals surface area contributed by atoms with Crippen LogP contribution in [0.4, 0.5) is 4.79 Å². The number of carbonyl (C=O) groups excluding carboxylic acids is 2. The zero-order valence-corrected chi connectivity index (χ0v) is 14.9. The molecule has 0 radical (unpaired) electrons. The molecule has 0 bridgehead atoms. The van der Waals surface area contributed by atoms with Crippen LogP contribution in [0.2, 0.25) is 0 Å². The van der Waals surface area contributed by atoms with Crippen molar-refractivity contribution in [3.63, 3.8) is 0 Å². The number of esters is 1. The van der Waals surface area contributed by atoms with Gasteiger partial charge in [0, 0.05) is 11.6 Å². The highest BCUT2D eigenvalue weighted by Gasteiger charge is 2.13. The smallest absolute Gasteiger partial charge is 0.418 e. The average Bonchev–Trinajstić information content (AvgIpc) is 3.17. The molecule has 5 nitrogen and oxygen atoms in total. The molecule has 0 unspecified atom stereocenters. The van der Waals surface area contributed by atoms with Crippen molar-refractivity contribution in [3.05, 3.63) is 102 Å². The Kier molecular flexibility index (Phi) is 4.89. The van der Waals surface area contributed by atoms with Crippen LogP contribution in [0.15, 0.2) is 91.1 Å². The standard InChI is InChI=1S/C23H17NO4/c25-22(18-9-5-2-6-10-18)28-20-11-12-21-19(15-20)13-14-24(21)23(26)27-16-17-7-3-1-4-8-17/h1-15H,16H2. The van der Waals surface area contributed by atoms with E-state index in [2.05, 4.69) is 0 Å². The maximum atomic E-state index is 12.4. The van der Waals surface area contributed by atoms with Crippen LogP contribution in [0.5, 0.6) is 5.75 Å². The molecule has 28 heavy (non-hydrogen) atoms. The highest BCUT2D eigenvalue weighted by Crippen LogP contribution is 2.23. The van der Waals surface area contributed by atoms with Gasteiger partial charge in [0.05, 0.1) is 11.1 Å². The number of rotatable bonds is 4. The minimum atomic E-state index is -0.465. The summed E-state index contributed by atoms with van der Waals surface area (Å²) in [6, 6.07) is 25.2. The van der Waals surface area contributed by atoms with Gasteiger partial charge >= 0.3 is 12.1 Å². The number of hydrogen-bond donors (Lipinski definition) is 0. The van der Waals surface area contributed by atoms with Crippen molar-refractivity contribution in [1.82, 2.24) is 4.57 Å². The topological polar surface area (TPSA) is 57.5 Å². The Morgan fingerprint density at radius 2 is 1.54 bits per heavy atom. The number of benzene rings is 3. The third-order valence-electron chi connectivity index (χ3n) is 4.28. The fourth-order valence-corrected chi connectivity index (χ4v) is 2.87. The molecule has 4 aromatic rings. The minimum Gasteiger partial charge on any atom is -0.444 e. The number of aromatic nitrogens is 1. The molecule has 5 heteroatoms. The lowest BCUT2D eigenvalue weighted by Gasteiger charge is -2.08. The van der Waals surface area contributed by atoms with E-state index in [1.807, 2.05) is 36.4 Å². The van der Waals surface area contributed by atoms with Crippen LogP contribution in [-0.4, -0.2) is 16.6 Å². The van der Waals surface area contributed by atoms with Gasteiger partial charge in [-0.05, 0) is 42.0 Å². The van der Waals surface area contributed by atoms with E-state index in [1.165, 1.54) is 4.57 Å². The van der Waals surface area contributed by atoms with Crippen molar-refractivity contribution in [2.75, 3.05) is 0 Å². The van der Waals surface area contributed by atoms with E-state index in [0.717, 1.165) is 10.9 Å². The van der Waals surface area contributed by atoms with Crippen molar-refractivity contribution in [2.45, 2.75) is 6.61 Å². The van der Waals surface area contributed by atoms with Crippen LogP contribution in [-0.2, 0) is 11.3 Å². The van der Waals surface area contributed by atoms with E-state index in [0.29, 0.717) is 16.8 Å². The zero-order chi connectivity index (χ0) is 19.3. The molecule has 0 aliphatic rings. The van der Waals surface area contributed by atoms with Crippen LogP contribution >= 0.6 is 0 Å². The summed E-state index contributed by atoms with van der Waals surface area (Å²) >= 11 is 0. The first-order valence-corrected chi connectivity index (χ1v) is 8.80. The van der Waals surface area contributed by atoms with E-state index in [9.17, 15) is 9.59 Å². The number of carbonyl (C=O) groups is 2. The summed E-state index contributed by atoms with van der Waals surface area (Å²) in [6.07, 6.45) is 1.17. The molecule has 0 aliphatic heterocycles. The molecular weight excluding hydrogens is 354 g/mol. The third kappa shape index (κ3) is 3.78. The molecule has 4 rings (SSSR count). The Morgan fingerprint density at radius 3 is 2.29 bits per heavy atom. The van der Waals surface area contributed by atoms with Crippen LogP contribution in [0.25, 0.3) is 10.9 Å². The Labute approximate surface area is 161 Å². The molecule has 0 amide bonds. The Morgan fingerprint density at radius 1 is 0.821 bits per heavy atom. The molecule has 1 heterocycles. The summed E-state index contributed by atoms with van der Waals surface area (Å²) in [7, 11) is 0. The molecule has 0 saturated heterocycles. The molecule has 0 atom stereocenters. The molecule has 0 aliphatic carbocycles. The molecule has 3 aromatic carbocycles. The second-order valence-corrected chi connectivity index (χ2v) is 6.20.